The molecular weight excluding hydrogens is 526 g/mol. The van der Waals surface area contributed by atoms with Crippen LogP contribution in [0, 0.1) is 0 Å². The van der Waals surface area contributed by atoms with Gasteiger partial charge in [0.15, 0.2) is 5.65 Å². The maximum absolute atomic E-state index is 12.5. The number of ether oxygens (including phenoxy) is 2. The summed E-state index contributed by atoms with van der Waals surface area (Å²) >= 11 is 0. The van der Waals surface area contributed by atoms with Crippen LogP contribution in [0.1, 0.15) is 43.7 Å². The monoisotopic (exact) mass is 559 g/mol. The van der Waals surface area contributed by atoms with Crippen LogP contribution in [0.25, 0.3) is 28.0 Å². The second-order valence-electron chi connectivity index (χ2n) is 10.7. The number of carboxylic acid groups (broad SMARTS) is 1. The molecule has 1 amide bonds. The first-order valence-corrected chi connectivity index (χ1v) is 13.4. The number of rotatable bonds is 6. The molecule has 1 N–H and O–H groups in total. The lowest BCUT2D eigenvalue weighted by Crippen LogP contribution is -2.50. The Morgan fingerprint density at radius 1 is 1.00 bits per heavy atom. The fraction of sp³-hybridized carbons (Fsp3) is 0.379. The van der Waals surface area contributed by atoms with Crippen molar-refractivity contribution in [2.24, 2.45) is 0 Å². The van der Waals surface area contributed by atoms with Gasteiger partial charge in [0.2, 0.25) is 0 Å². The number of hydrogen-bond donors (Lipinski definition) is 1. The third-order valence-electron chi connectivity index (χ3n) is 6.81. The molecule has 0 unspecified atom stereocenters. The van der Waals surface area contributed by atoms with Crippen LogP contribution < -0.4 is 9.64 Å². The summed E-state index contributed by atoms with van der Waals surface area (Å²) in [4.78, 5) is 46.2. The van der Waals surface area contributed by atoms with Crippen molar-refractivity contribution in [2.75, 3.05) is 38.2 Å². The standard InChI is InChI=1S/C29H33N7O5/c1-6-22-20(7-8-24(33-22)34-9-11-35(12-10-34)28(39)41-29(2,3)4)23-16-30-25-21(26(37)38)13-18(17-36(23)25)19-14-31-27(40-5)32-15-19/h7-8,13-17H,6,9-12H2,1-5H3,(H,37,38). The van der Waals surface area contributed by atoms with Crippen molar-refractivity contribution in [1.29, 1.82) is 0 Å². The van der Waals surface area contributed by atoms with Crippen molar-refractivity contribution in [1.82, 2.24) is 29.2 Å². The number of aryl methyl sites for hydroxylation is 1. The van der Waals surface area contributed by atoms with E-state index >= 15 is 0 Å². The SMILES string of the molecule is CCc1nc(N2CCN(C(=O)OC(C)(C)C)CC2)ccc1-c1cnc2c(C(=O)O)cc(-c3cnc(OC)nc3)cn12. The van der Waals surface area contributed by atoms with Crippen molar-refractivity contribution in [3.63, 3.8) is 0 Å². The van der Waals surface area contributed by atoms with Gasteiger partial charge in [0.25, 0.3) is 0 Å². The van der Waals surface area contributed by atoms with E-state index in [1.165, 1.54) is 7.11 Å². The van der Waals surface area contributed by atoms with E-state index in [0.29, 0.717) is 49.4 Å². The van der Waals surface area contributed by atoms with Crippen molar-refractivity contribution < 1.29 is 24.2 Å². The lowest BCUT2D eigenvalue weighted by molar-refractivity contribution is 0.0240. The van der Waals surface area contributed by atoms with E-state index in [0.717, 1.165) is 22.8 Å². The predicted octanol–water partition coefficient (Wildman–Crippen LogP) is 4.18. The lowest BCUT2D eigenvalue weighted by atomic mass is 10.1. The second-order valence-corrected chi connectivity index (χ2v) is 10.7. The molecule has 1 aliphatic rings. The van der Waals surface area contributed by atoms with E-state index in [1.807, 2.05) is 46.0 Å². The minimum atomic E-state index is -1.09. The highest BCUT2D eigenvalue weighted by atomic mass is 16.6. The van der Waals surface area contributed by atoms with Gasteiger partial charge in [-0.25, -0.2) is 29.5 Å². The number of pyridine rings is 2. The maximum Gasteiger partial charge on any atom is 0.410 e. The number of aromatic nitrogens is 5. The van der Waals surface area contributed by atoms with Crippen LogP contribution in [-0.2, 0) is 11.2 Å². The summed E-state index contributed by atoms with van der Waals surface area (Å²) in [7, 11) is 1.48. The number of hydrogen-bond acceptors (Lipinski definition) is 9. The Labute approximate surface area is 237 Å². The van der Waals surface area contributed by atoms with Crippen LogP contribution in [0.15, 0.2) is 43.0 Å². The van der Waals surface area contributed by atoms with Gasteiger partial charge in [-0.15, -0.1) is 0 Å². The number of anilines is 1. The molecule has 12 heteroatoms. The molecule has 0 aliphatic carbocycles. The molecular formula is C29H33N7O5. The number of piperazine rings is 1. The Kier molecular flexibility index (Phi) is 7.48. The molecule has 4 aromatic heterocycles. The van der Waals surface area contributed by atoms with Crippen LogP contribution in [-0.4, -0.2) is 85.3 Å². The normalized spacial score (nSPS) is 13.9. The first-order valence-electron chi connectivity index (χ1n) is 13.4. The minimum absolute atomic E-state index is 0.0649. The largest absolute Gasteiger partial charge is 0.478 e. The van der Waals surface area contributed by atoms with E-state index in [9.17, 15) is 14.7 Å². The highest BCUT2D eigenvalue weighted by molar-refractivity contribution is 5.96. The van der Waals surface area contributed by atoms with Crippen molar-refractivity contribution in [3.8, 4) is 28.4 Å². The highest BCUT2D eigenvalue weighted by Gasteiger charge is 2.27. The van der Waals surface area contributed by atoms with Gasteiger partial charge in [-0.2, -0.15) is 0 Å². The molecule has 5 heterocycles. The fourth-order valence-electron chi connectivity index (χ4n) is 4.79. The molecule has 41 heavy (non-hydrogen) atoms. The first-order chi connectivity index (χ1) is 19.6. The van der Waals surface area contributed by atoms with Gasteiger partial charge in [-0.05, 0) is 45.4 Å². The van der Waals surface area contributed by atoms with Crippen LogP contribution >= 0.6 is 0 Å². The summed E-state index contributed by atoms with van der Waals surface area (Å²) in [6.45, 7) is 9.98. The minimum Gasteiger partial charge on any atom is -0.478 e. The average molecular weight is 560 g/mol. The molecule has 4 aromatic rings. The van der Waals surface area contributed by atoms with E-state index in [-0.39, 0.29) is 17.7 Å². The van der Waals surface area contributed by atoms with Gasteiger partial charge in [0.05, 0.1) is 24.7 Å². The number of aromatic carboxylic acids is 1. The first kappa shape index (κ1) is 27.8. The molecule has 1 aliphatic heterocycles. The Morgan fingerprint density at radius 2 is 1.71 bits per heavy atom. The van der Waals surface area contributed by atoms with Crippen LogP contribution in [0.5, 0.6) is 6.01 Å². The number of amides is 1. The number of fused-ring (bicyclic) bond motifs is 1. The van der Waals surface area contributed by atoms with E-state index in [4.69, 9.17) is 14.5 Å². The third kappa shape index (κ3) is 5.76. The third-order valence-corrected chi connectivity index (χ3v) is 6.81. The van der Waals surface area contributed by atoms with Crippen LogP contribution in [0.4, 0.5) is 10.6 Å². The number of nitrogens with zero attached hydrogens (tertiary/aromatic N) is 7. The molecule has 0 aromatic carbocycles. The zero-order valence-corrected chi connectivity index (χ0v) is 23.8. The van der Waals surface area contributed by atoms with Gasteiger partial charge < -0.3 is 24.4 Å². The average Bonchev–Trinajstić information content (AvgIpc) is 3.39. The summed E-state index contributed by atoms with van der Waals surface area (Å²) < 4.78 is 12.3. The van der Waals surface area contributed by atoms with Crippen LogP contribution in [0.2, 0.25) is 0 Å². The molecule has 0 spiro atoms. The zero-order chi connectivity index (χ0) is 29.3. The Hall–Kier alpha value is -4.74. The summed E-state index contributed by atoms with van der Waals surface area (Å²) in [5.74, 6) is -0.260. The second kappa shape index (κ2) is 11.0. The molecule has 1 fully saturated rings. The Morgan fingerprint density at radius 3 is 2.32 bits per heavy atom. The lowest BCUT2D eigenvalue weighted by Gasteiger charge is -2.36. The summed E-state index contributed by atoms with van der Waals surface area (Å²) in [6.07, 6.45) is 7.04. The van der Waals surface area contributed by atoms with Crippen LogP contribution in [0.3, 0.4) is 0 Å². The molecule has 1 saturated heterocycles. The van der Waals surface area contributed by atoms with Gasteiger partial charge >= 0.3 is 18.1 Å². The predicted molar refractivity (Wildman–Crippen MR) is 152 cm³/mol. The number of carboxylic acids is 1. The van der Waals surface area contributed by atoms with Gasteiger partial charge in [0.1, 0.15) is 17.0 Å². The van der Waals surface area contributed by atoms with Crippen molar-refractivity contribution in [2.45, 2.75) is 39.7 Å². The Bertz CT molecular complexity index is 1590. The molecule has 5 rings (SSSR count). The van der Waals surface area contributed by atoms with E-state index in [1.54, 1.807) is 34.0 Å². The highest BCUT2D eigenvalue weighted by Crippen LogP contribution is 2.31. The van der Waals surface area contributed by atoms with Gasteiger partial charge in [-0.3, -0.25) is 4.40 Å². The zero-order valence-electron chi connectivity index (χ0n) is 23.8. The van der Waals surface area contributed by atoms with Gasteiger partial charge in [-0.1, -0.05) is 6.92 Å². The number of methoxy groups -OCH3 is 1. The van der Waals surface area contributed by atoms with Crippen molar-refractivity contribution >= 4 is 23.5 Å². The molecule has 0 atom stereocenters. The molecule has 0 radical (unpaired) electrons. The van der Waals surface area contributed by atoms with E-state index in [2.05, 4.69) is 19.9 Å². The number of imidazole rings is 1. The summed E-state index contributed by atoms with van der Waals surface area (Å²) in [6, 6.07) is 5.74. The summed E-state index contributed by atoms with van der Waals surface area (Å²) in [5, 5.41) is 9.95. The molecule has 214 valence electrons. The molecule has 0 bridgehead atoms. The fourth-order valence-corrected chi connectivity index (χ4v) is 4.79. The van der Waals surface area contributed by atoms with Crippen molar-refractivity contribution in [3.05, 3.63) is 54.2 Å². The van der Waals surface area contributed by atoms with Gasteiger partial charge in [0, 0.05) is 61.5 Å². The number of carbonyl (C=O) groups is 2. The number of carbonyl (C=O) groups excluding carboxylic acids is 1. The topological polar surface area (TPSA) is 135 Å². The Balaban J connectivity index is 1.46. The summed E-state index contributed by atoms with van der Waals surface area (Å²) in [5.41, 5.74) is 3.57. The van der Waals surface area contributed by atoms with E-state index < -0.39 is 11.6 Å². The quantitative estimate of drug-likeness (QED) is 0.366. The molecule has 12 nitrogen and oxygen atoms in total. The smallest absolute Gasteiger partial charge is 0.410 e. The maximum atomic E-state index is 12.5. The molecule has 0 saturated carbocycles.